The molecule has 0 unspecified atom stereocenters. The van der Waals surface area contributed by atoms with E-state index in [9.17, 15) is 4.79 Å². The first-order chi connectivity index (χ1) is 9.65. The molecule has 1 aliphatic carbocycles. The molecule has 1 N–H and O–H groups in total. The molecule has 0 amide bonds. The van der Waals surface area contributed by atoms with Crippen molar-refractivity contribution in [2.45, 2.75) is 25.2 Å². The van der Waals surface area contributed by atoms with Crippen LogP contribution in [0.25, 0.3) is 11.1 Å². The van der Waals surface area contributed by atoms with Gasteiger partial charge >= 0.3 is 5.97 Å². The second kappa shape index (κ2) is 5.29. The third kappa shape index (κ3) is 2.44. The van der Waals surface area contributed by atoms with E-state index in [2.05, 4.69) is 12.1 Å². The second-order valence-corrected chi connectivity index (χ2v) is 5.66. The fourth-order valence-electron chi connectivity index (χ4n) is 2.58. The minimum Gasteiger partial charge on any atom is -0.478 e. The maximum atomic E-state index is 11.2. The monoisotopic (exact) mass is 286 g/mol. The van der Waals surface area contributed by atoms with E-state index >= 15 is 0 Å². The molecule has 0 bridgehead atoms. The first-order valence-corrected chi connectivity index (χ1v) is 7.16. The number of hydrogen-bond acceptors (Lipinski definition) is 1. The highest BCUT2D eigenvalue weighted by Gasteiger charge is 2.19. The van der Waals surface area contributed by atoms with Crippen LogP contribution in [0.5, 0.6) is 0 Å². The zero-order valence-electron chi connectivity index (χ0n) is 11.0. The van der Waals surface area contributed by atoms with Gasteiger partial charge in [0.1, 0.15) is 0 Å². The Hall–Kier alpha value is -1.80. The first-order valence-electron chi connectivity index (χ1n) is 6.78. The molecular weight excluding hydrogens is 272 g/mol. The summed E-state index contributed by atoms with van der Waals surface area (Å²) >= 11 is 5.91. The molecule has 2 aromatic carbocycles. The molecule has 0 atom stereocenters. The third-order valence-corrected chi connectivity index (χ3v) is 4.32. The molecule has 0 heterocycles. The molecule has 1 saturated carbocycles. The van der Waals surface area contributed by atoms with E-state index < -0.39 is 5.97 Å². The Balaban J connectivity index is 2.00. The highest BCUT2D eigenvalue weighted by Crippen LogP contribution is 2.37. The number of hydrogen-bond donors (Lipinski definition) is 1. The number of rotatable bonds is 3. The van der Waals surface area contributed by atoms with Crippen molar-refractivity contribution in [3.63, 3.8) is 0 Å². The first kappa shape index (κ1) is 13.2. The van der Waals surface area contributed by atoms with Gasteiger partial charge in [0.25, 0.3) is 0 Å². The average molecular weight is 287 g/mol. The molecule has 0 saturated heterocycles. The van der Waals surface area contributed by atoms with Crippen LogP contribution in [0.1, 0.15) is 41.1 Å². The van der Waals surface area contributed by atoms with Gasteiger partial charge in [-0.2, -0.15) is 0 Å². The molecule has 20 heavy (non-hydrogen) atoms. The van der Waals surface area contributed by atoms with Crippen LogP contribution in [-0.2, 0) is 0 Å². The quantitative estimate of drug-likeness (QED) is 0.864. The van der Waals surface area contributed by atoms with Crippen molar-refractivity contribution in [3.8, 4) is 11.1 Å². The molecule has 2 nitrogen and oxygen atoms in total. The Morgan fingerprint density at radius 3 is 2.50 bits per heavy atom. The van der Waals surface area contributed by atoms with Gasteiger partial charge in [-0.3, -0.25) is 0 Å². The van der Waals surface area contributed by atoms with E-state index in [-0.39, 0.29) is 10.6 Å². The van der Waals surface area contributed by atoms with Gasteiger partial charge < -0.3 is 5.11 Å². The average Bonchev–Trinajstić information content (AvgIpc) is 2.37. The van der Waals surface area contributed by atoms with Crippen LogP contribution in [0.3, 0.4) is 0 Å². The predicted octanol–water partition coefficient (Wildman–Crippen LogP) is 4.97. The summed E-state index contributed by atoms with van der Waals surface area (Å²) in [5.41, 5.74) is 3.44. The summed E-state index contributed by atoms with van der Waals surface area (Å²) < 4.78 is 0. The van der Waals surface area contributed by atoms with E-state index in [0.29, 0.717) is 5.92 Å². The van der Waals surface area contributed by atoms with E-state index in [1.54, 1.807) is 12.1 Å². The van der Waals surface area contributed by atoms with Crippen molar-refractivity contribution in [1.29, 1.82) is 0 Å². The number of carboxylic acids is 1. The molecule has 1 fully saturated rings. The maximum Gasteiger partial charge on any atom is 0.337 e. The minimum atomic E-state index is -0.994. The summed E-state index contributed by atoms with van der Waals surface area (Å²) in [4.78, 5) is 11.2. The molecule has 3 rings (SSSR count). The summed E-state index contributed by atoms with van der Waals surface area (Å²) in [5.74, 6) is -0.326. The molecule has 102 valence electrons. The van der Waals surface area contributed by atoms with Crippen molar-refractivity contribution in [2.24, 2.45) is 0 Å². The number of benzene rings is 2. The van der Waals surface area contributed by atoms with Gasteiger partial charge in [0, 0.05) is 0 Å². The van der Waals surface area contributed by atoms with Crippen LogP contribution in [0.4, 0.5) is 0 Å². The summed E-state index contributed by atoms with van der Waals surface area (Å²) in [6.45, 7) is 0. The summed E-state index contributed by atoms with van der Waals surface area (Å²) in [6.07, 6.45) is 3.81. The van der Waals surface area contributed by atoms with Gasteiger partial charge in [0.15, 0.2) is 0 Å². The van der Waals surface area contributed by atoms with Gasteiger partial charge in [0.05, 0.1) is 10.6 Å². The Morgan fingerprint density at radius 2 is 1.85 bits per heavy atom. The van der Waals surface area contributed by atoms with Crippen molar-refractivity contribution < 1.29 is 9.90 Å². The molecule has 0 aromatic heterocycles. The smallest absolute Gasteiger partial charge is 0.337 e. The summed E-state index contributed by atoms with van der Waals surface area (Å²) in [5, 5.41) is 9.42. The lowest BCUT2D eigenvalue weighted by atomic mass is 9.79. The molecule has 2 aromatic rings. The fourth-order valence-corrected chi connectivity index (χ4v) is 2.78. The van der Waals surface area contributed by atoms with E-state index in [1.165, 1.54) is 24.8 Å². The molecule has 1 aliphatic rings. The van der Waals surface area contributed by atoms with Gasteiger partial charge in [0.2, 0.25) is 0 Å². The van der Waals surface area contributed by atoms with E-state index in [4.69, 9.17) is 16.7 Å². The van der Waals surface area contributed by atoms with Gasteiger partial charge in [-0.1, -0.05) is 48.4 Å². The predicted molar refractivity (Wildman–Crippen MR) is 80.4 cm³/mol. The number of aromatic carboxylic acids is 1. The molecule has 0 spiro atoms. The van der Waals surface area contributed by atoms with Crippen LogP contribution in [0.15, 0.2) is 42.5 Å². The zero-order chi connectivity index (χ0) is 14.1. The van der Waals surface area contributed by atoms with E-state index in [0.717, 1.165) is 11.1 Å². The lowest BCUT2D eigenvalue weighted by molar-refractivity contribution is 0.0697. The van der Waals surface area contributed by atoms with Crippen LogP contribution in [-0.4, -0.2) is 11.1 Å². The summed E-state index contributed by atoms with van der Waals surface area (Å²) in [6, 6.07) is 13.5. The maximum absolute atomic E-state index is 11.2. The zero-order valence-corrected chi connectivity index (χ0v) is 11.7. The van der Waals surface area contributed by atoms with Crippen LogP contribution < -0.4 is 0 Å². The number of carbonyl (C=O) groups is 1. The summed E-state index contributed by atoms with van der Waals surface area (Å²) in [7, 11) is 0. The highest BCUT2D eigenvalue weighted by molar-refractivity contribution is 6.33. The number of halogens is 1. The van der Waals surface area contributed by atoms with Gasteiger partial charge in [-0.25, -0.2) is 4.79 Å². The third-order valence-electron chi connectivity index (χ3n) is 3.99. The molecule has 0 radical (unpaired) electrons. The lowest BCUT2D eigenvalue weighted by Gasteiger charge is -2.26. The van der Waals surface area contributed by atoms with Crippen LogP contribution >= 0.6 is 11.6 Å². The second-order valence-electron chi connectivity index (χ2n) is 5.25. The Labute approximate surface area is 123 Å². The normalized spacial score (nSPS) is 14.8. The number of carboxylic acid groups (broad SMARTS) is 1. The Kier molecular flexibility index (Phi) is 3.49. The highest BCUT2D eigenvalue weighted by atomic mass is 35.5. The Morgan fingerprint density at radius 1 is 1.10 bits per heavy atom. The van der Waals surface area contributed by atoms with Crippen molar-refractivity contribution in [3.05, 3.63) is 58.6 Å². The Bertz CT molecular complexity index is 660. The molecule has 3 heteroatoms. The largest absolute Gasteiger partial charge is 0.478 e. The van der Waals surface area contributed by atoms with Crippen molar-refractivity contribution in [1.82, 2.24) is 0 Å². The van der Waals surface area contributed by atoms with Gasteiger partial charge in [-0.05, 0) is 47.6 Å². The topological polar surface area (TPSA) is 37.3 Å². The van der Waals surface area contributed by atoms with E-state index in [1.807, 2.05) is 18.2 Å². The molecular formula is C17H15ClO2. The standard InChI is InChI=1S/C17H15ClO2/c18-16-8-7-14(10-15(16)17(19)20)13-6-2-5-12(9-13)11-3-1-4-11/h2,5-11H,1,3-4H2,(H,19,20). The van der Waals surface area contributed by atoms with Crippen molar-refractivity contribution in [2.75, 3.05) is 0 Å². The van der Waals surface area contributed by atoms with Crippen molar-refractivity contribution >= 4 is 17.6 Å². The SMILES string of the molecule is O=C(O)c1cc(-c2cccc(C3CCC3)c2)ccc1Cl. The lowest BCUT2D eigenvalue weighted by Crippen LogP contribution is -2.08. The van der Waals surface area contributed by atoms with Crippen LogP contribution in [0, 0.1) is 0 Å². The molecule has 0 aliphatic heterocycles. The van der Waals surface area contributed by atoms with Gasteiger partial charge in [-0.15, -0.1) is 0 Å². The van der Waals surface area contributed by atoms with Crippen LogP contribution in [0.2, 0.25) is 5.02 Å². The minimum absolute atomic E-state index is 0.151. The fraction of sp³-hybridized carbons (Fsp3) is 0.235.